The molecular weight excluding hydrogens is 280 g/mol. The van der Waals surface area contributed by atoms with Crippen LogP contribution >= 0.6 is 11.8 Å². The minimum Gasteiger partial charge on any atom is -0.384 e. The fourth-order valence-electron chi connectivity index (χ4n) is 1.72. The smallest absolute Gasteiger partial charge is 0.242 e. The van der Waals surface area contributed by atoms with Gasteiger partial charge in [-0.1, -0.05) is 12.1 Å². The van der Waals surface area contributed by atoms with Gasteiger partial charge >= 0.3 is 0 Å². The second-order valence-corrected chi connectivity index (χ2v) is 7.00. The fourth-order valence-corrected chi connectivity index (χ4v) is 3.77. The van der Waals surface area contributed by atoms with Crippen LogP contribution in [0.15, 0.2) is 29.2 Å². The third kappa shape index (κ3) is 5.04. The topological polar surface area (TPSA) is 58.2 Å². The van der Waals surface area contributed by atoms with E-state index in [9.17, 15) is 8.42 Å². The van der Waals surface area contributed by atoms with E-state index in [1.165, 1.54) is 0 Å². The zero-order valence-electron chi connectivity index (χ0n) is 11.6. The maximum absolute atomic E-state index is 12.3. The van der Waals surface area contributed by atoms with Crippen LogP contribution in [0.3, 0.4) is 0 Å². The first-order valence-electron chi connectivity index (χ1n) is 6.35. The van der Waals surface area contributed by atoms with E-state index in [-0.39, 0.29) is 6.04 Å². The molecular formula is C13H22N2O2S2. The summed E-state index contributed by atoms with van der Waals surface area (Å²) in [6.07, 6.45) is 2.84. The predicted octanol–water partition coefficient (Wildman–Crippen LogP) is 2.54. The summed E-state index contributed by atoms with van der Waals surface area (Å²) < 4.78 is 27.4. The Kier molecular flexibility index (Phi) is 6.68. The van der Waals surface area contributed by atoms with Crippen LogP contribution in [0.4, 0.5) is 5.69 Å². The van der Waals surface area contributed by atoms with Crippen molar-refractivity contribution >= 4 is 27.5 Å². The molecule has 6 heteroatoms. The summed E-state index contributed by atoms with van der Waals surface area (Å²) in [7, 11) is -3.46. The molecule has 0 saturated carbocycles. The van der Waals surface area contributed by atoms with E-state index in [0.717, 1.165) is 12.2 Å². The minimum atomic E-state index is -3.46. The lowest BCUT2D eigenvalue weighted by atomic mass is 10.3. The highest BCUT2D eigenvalue weighted by Gasteiger charge is 2.20. The summed E-state index contributed by atoms with van der Waals surface area (Å²) in [5.74, 6) is 0.943. The van der Waals surface area contributed by atoms with Gasteiger partial charge in [0.25, 0.3) is 0 Å². The van der Waals surface area contributed by atoms with Gasteiger partial charge in [-0.05, 0) is 44.4 Å². The van der Waals surface area contributed by atoms with E-state index < -0.39 is 10.0 Å². The monoisotopic (exact) mass is 302 g/mol. The van der Waals surface area contributed by atoms with Crippen molar-refractivity contribution in [2.24, 2.45) is 0 Å². The van der Waals surface area contributed by atoms with Crippen molar-refractivity contribution in [3.8, 4) is 0 Å². The molecule has 2 N–H and O–H groups in total. The summed E-state index contributed by atoms with van der Waals surface area (Å²) in [5, 5.41) is 3.08. The molecule has 0 heterocycles. The minimum absolute atomic E-state index is 0.0628. The number of benzene rings is 1. The first-order chi connectivity index (χ1) is 9.01. The summed E-state index contributed by atoms with van der Waals surface area (Å²) in [4.78, 5) is 0.313. The molecule has 0 radical (unpaired) electrons. The van der Waals surface area contributed by atoms with Crippen LogP contribution in [0.1, 0.15) is 20.3 Å². The average Bonchev–Trinajstić information content (AvgIpc) is 2.37. The Morgan fingerprint density at radius 3 is 2.63 bits per heavy atom. The Morgan fingerprint density at radius 1 is 1.32 bits per heavy atom. The van der Waals surface area contributed by atoms with Gasteiger partial charge in [-0.3, -0.25) is 0 Å². The van der Waals surface area contributed by atoms with Crippen molar-refractivity contribution in [2.45, 2.75) is 31.2 Å². The number of hydrogen-bond donors (Lipinski definition) is 2. The van der Waals surface area contributed by atoms with Gasteiger partial charge in [0.2, 0.25) is 10.0 Å². The molecule has 0 aromatic heterocycles. The number of rotatable bonds is 8. The van der Waals surface area contributed by atoms with Crippen LogP contribution in [0.5, 0.6) is 0 Å². The highest BCUT2D eigenvalue weighted by molar-refractivity contribution is 7.98. The highest BCUT2D eigenvalue weighted by Crippen LogP contribution is 2.21. The molecule has 1 atom stereocenters. The van der Waals surface area contributed by atoms with Gasteiger partial charge in [0.05, 0.1) is 5.69 Å². The lowest BCUT2D eigenvalue weighted by Gasteiger charge is -2.16. The molecule has 1 rings (SSSR count). The second kappa shape index (κ2) is 7.77. The average molecular weight is 302 g/mol. The van der Waals surface area contributed by atoms with Crippen LogP contribution in [-0.2, 0) is 10.0 Å². The molecule has 0 bridgehead atoms. The highest BCUT2D eigenvalue weighted by atomic mass is 32.2. The van der Waals surface area contributed by atoms with Crippen LogP contribution < -0.4 is 10.0 Å². The Bertz CT molecular complexity index is 489. The summed E-state index contributed by atoms with van der Waals surface area (Å²) >= 11 is 1.72. The standard InChI is InChI=1S/C13H22N2O2S2/c1-4-14-12-7-5-6-8-13(12)19(16,17)15-11(2)9-10-18-3/h5-8,11,14-15H,4,9-10H2,1-3H3. The first-order valence-corrected chi connectivity index (χ1v) is 9.23. The fraction of sp³-hybridized carbons (Fsp3) is 0.538. The van der Waals surface area contributed by atoms with E-state index in [2.05, 4.69) is 10.0 Å². The summed E-state index contributed by atoms with van der Waals surface area (Å²) in [6.45, 7) is 4.52. The molecule has 1 aromatic rings. The number of nitrogens with one attached hydrogen (secondary N) is 2. The summed E-state index contributed by atoms with van der Waals surface area (Å²) in [6, 6.07) is 6.91. The number of sulfonamides is 1. The quantitative estimate of drug-likeness (QED) is 0.775. The Labute approximate surface area is 120 Å². The number of thioether (sulfide) groups is 1. The molecule has 0 aliphatic carbocycles. The predicted molar refractivity (Wildman–Crippen MR) is 83.4 cm³/mol. The number of hydrogen-bond acceptors (Lipinski definition) is 4. The van der Waals surface area contributed by atoms with E-state index >= 15 is 0 Å². The van der Waals surface area contributed by atoms with E-state index in [1.54, 1.807) is 30.0 Å². The van der Waals surface area contributed by atoms with Crippen LogP contribution in [0.2, 0.25) is 0 Å². The number of para-hydroxylation sites is 1. The maximum atomic E-state index is 12.3. The van der Waals surface area contributed by atoms with E-state index in [4.69, 9.17) is 0 Å². The molecule has 0 spiro atoms. The van der Waals surface area contributed by atoms with Crippen molar-refractivity contribution in [3.63, 3.8) is 0 Å². The normalized spacial score (nSPS) is 13.2. The van der Waals surface area contributed by atoms with E-state index in [0.29, 0.717) is 17.1 Å². The molecule has 0 saturated heterocycles. The molecule has 0 fully saturated rings. The lowest BCUT2D eigenvalue weighted by Crippen LogP contribution is -2.33. The maximum Gasteiger partial charge on any atom is 0.242 e. The van der Waals surface area contributed by atoms with Gasteiger partial charge in [-0.25, -0.2) is 13.1 Å². The van der Waals surface area contributed by atoms with Gasteiger partial charge < -0.3 is 5.32 Å². The number of anilines is 1. The molecule has 4 nitrogen and oxygen atoms in total. The van der Waals surface area contributed by atoms with Crippen LogP contribution in [0.25, 0.3) is 0 Å². The van der Waals surface area contributed by atoms with Crippen molar-refractivity contribution in [1.82, 2.24) is 4.72 Å². The zero-order chi connectivity index (χ0) is 14.3. The Hall–Kier alpha value is -0.720. The van der Waals surface area contributed by atoms with Gasteiger partial charge in [-0.2, -0.15) is 11.8 Å². The molecule has 19 heavy (non-hydrogen) atoms. The van der Waals surface area contributed by atoms with Gasteiger partial charge in [0.1, 0.15) is 4.90 Å². The van der Waals surface area contributed by atoms with E-state index in [1.807, 2.05) is 26.2 Å². The van der Waals surface area contributed by atoms with Gasteiger partial charge in [0.15, 0.2) is 0 Å². The molecule has 0 aliphatic rings. The molecule has 0 aliphatic heterocycles. The van der Waals surface area contributed by atoms with Crippen molar-refractivity contribution < 1.29 is 8.42 Å². The molecule has 1 aromatic carbocycles. The summed E-state index contributed by atoms with van der Waals surface area (Å²) in [5.41, 5.74) is 0.648. The Morgan fingerprint density at radius 2 is 2.00 bits per heavy atom. The van der Waals surface area contributed by atoms with Crippen molar-refractivity contribution in [1.29, 1.82) is 0 Å². The Balaban J connectivity index is 2.88. The molecule has 1 unspecified atom stereocenters. The van der Waals surface area contributed by atoms with Gasteiger partial charge in [-0.15, -0.1) is 0 Å². The second-order valence-electron chi connectivity index (χ2n) is 4.33. The molecule has 108 valence electrons. The third-order valence-corrected chi connectivity index (χ3v) is 4.95. The lowest BCUT2D eigenvalue weighted by molar-refractivity contribution is 0.557. The van der Waals surface area contributed by atoms with Gasteiger partial charge in [0, 0.05) is 12.6 Å². The van der Waals surface area contributed by atoms with Crippen molar-refractivity contribution in [3.05, 3.63) is 24.3 Å². The van der Waals surface area contributed by atoms with Crippen LogP contribution in [0, 0.1) is 0 Å². The third-order valence-electron chi connectivity index (χ3n) is 2.66. The SMILES string of the molecule is CCNc1ccccc1S(=O)(=O)NC(C)CCSC. The van der Waals surface area contributed by atoms with Crippen molar-refractivity contribution in [2.75, 3.05) is 23.9 Å². The first kappa shape index (κ1) is 16.3. The zero-order valence-corrected chi connectivity index (χ0v) is 13.3. The largest absolute Gasteiger partial charge is 0.384 e. The van der Waals surface area contributed by atoms with Crippen LogP contribution in [-0.4, -0.2) is 33.0 Å². The molecule has 0 amide bonds.